The Labute approximate surface area is 200 Å². The molecule has 1 amide bonds. The summed E-state index contributed by atoms with van der Waals surface area (Å²) in [5, 5.41) is 12.7. The molecular formula is C26H21ClF3N3O. The number of alkyl halides is 3. The van der Waals surface area contributed by atoms with Crippen LogP contribution in [-0.4, -0.2) is 29.9 Å². The first kappa shape index (κ1) is 23.8. The molecule has 8 heteroatoms. The third-order valence-electron chi connectivity index (χ3n) is 5.94. The lowest BCUT2D eigenvalue weighted by atomic mass is 9.96. The van der Waals surface area contributed by atoms with Crippen molar-refractivity contribution in [2.24, 2.45) is 0 Å². The van der Waals surface area contributed by atoms with Crippen molar-refractivity contribution >= 4 is 17.5 Å². The van der Waals surface area contributed by atoms with Gasteiger partial charge in [0.15, 0.2) is 0 Å². The van der Waals surface area contributed by atoms with Crippen LogP contribution in [0.2, 0.25) is 5.02 Å². The molecule has 34 heavy (non-hydrogen) atoms. The van der Waals surface area contributed by atoms with Gasteiger partial charge in [-0.25, -0.2) is 0 Å². The summed E-state index contributed by atoms with van der Waals surface area (Å²) >= 11 is 6.08. The first-order valence-electron chi connectivity index (χ1n) is 10.7. The van der Waals surface area contributed by atoms with Gasteiger partial charge in [0.1, 0.15) is 0 Å². The summed E-state index contributed by atoms with van der Waals surface area (Å²) in [6.45, 7) is 1.28. The lowest BCUT2D eigenvalue weighted by Crippen LogP contribution is -2.38. The van der Waals surface area contributed by atoms with Crippen molar-refractivity contribution < 1.29 is 18.0 Å². The molecule has 1 aliphatic rings. The number of nitrogens with zero attached hydrogens (tertiary/aromatic N) is 2. The van der Waals surface area contributed by atoms with Crippen molar-refractivity contribution in [3.63, 3.8) is 0 Å². The van der Waals surface area contributed by atoms with E-state index in [-0.39, 0.29) is 17.6 Å². The maximum absolute atomic E-state index is 12.8. The van der Waals surface area contributed by atoms with Gasteiger partial charge in [-0.1, -0.05) is 35.9 Å². The van der Waals surface area contributed by atoms with Crippen LogP contribution in [0.5, 0.6) is 0 Å². The number of rotatable bonds is 5. The first-order valence-corrected chi connectivity index (χ1v) is 11.1. The summed E-state index contributed by atoms with van der Waals surface area (Å²) in [6, 6.07) is 21.1. The minimum absolute atomic E-state index is 0.0991. The summed E-state index contributed by atoms with van der Waals surface area (Å²) in [5.74, 6) is -0.401. The molecule has 0 saturated carbocycles. The van der Waals surface area contributed by atoms with Crippen molar-refractivity contribution in [1.82, 2.24) is 10.2 Å². The van der Waals surface area contributed by atoms with E-state index in [1.807, 2.05) is 36.4 Å². The molecule has 0 unspecified atom stereocenters. The molecule has 1 N–H and O–H groups in total. The van der Waals surface area contributed by atoms with Gasteiger partial charge in [0.05, 0.1) is 23.2 Å². The Morgan fingerprint density at radius 2 is 1.59 bits per heavy atom. The third-order valence-corrected chi connectivity index (χ3v) is 6.19. The molecule has 0 bridgehead atoms. The van der Waals surface area contributed by atoms with E-state index >= 15 is 0 Å². The Morgan fingerprint density at radius 1 is 1.00 bits per heavy atom. The Balaban J connectivity index is 1.49. The van der Waals surface area contributed by atoms with Gasteiger partial charge in [0, 0.05) is 29.7 Å². The Bertz CT molecular complexity index is 1190. The van der Waals surface area contributed by atoms with Crippen LogP contribution in [0.1, 0.15) is 45.1 Å². The van der Waals surface area contributed by atoms with Gasteiger partial charge in [-0.15, -0.1) is 0 Å². The number of benzene rings is 3. The van der Waals surface area contributed by atoms with Crippen LogP contribution in [0.25, 0.3) is 0 Å². The number of hydrogen-bond donors (Lipinski definition) is 1. The van der Waals surface area contributed by atoms with Crippen molar-refractivity contribution in [2.45, 2.75) is 24.7 Å². The molecule has 1 fully saturated rings. The summed E-state index contributed by atoms with van der Waals surface area (Å²) in [4.78, 5) is 14.9. The molecule has 4 rings (SSSR count). The van der Waals surface area contributed by atoms with Crippen molar-refractivity contribution in [2.75, 3.05) is 13.1 Å². The maximum Gasteiger partial charge on any atom is 0.416 e. The summed E-state index contributed by atoms with van der Waals surface area (Å²) < 4.78 is 38.3. The van der Waals surface area contributed by atoms with Gasteiger partial charge in [-0.2, -0.15) is 18.4 Å². The molecule has 1 saturated heterocycles. The van der Waals surface area contributed by atoms with Crippen LogP contribution in [0.15, 0.2) is 72.8 Å². The summed E-state index contributed by atoms with van der Waals surface area (Å²) in [7, 11) is 0. The van der Waals surface area contributed by atoms with E-state index in [9.17, 15) is 18.0 Å². The molecule has 1 aliphatic heterocycles. The van der Waals surface area contributed by atoms with Crippen LogP contribution in [-0.2, 0) is 6.18 Å². The van der Waals surface area contributed by atoms with Crippen molar-refractivity contribution in [3.8, 4) is 6.07 Å². The maximum atomic E-state index is 12.8. The molecule has 1 heterocycles. The van der Waals surface area contributed by atoms with E-state index in [0.29, 0.717) is 30.1 Å². The Hall–Kier alpha value is -3.34. The molecule has 4 nitrogen and oxygen atoms in total. The fourth-order valence-electron chi connectivity index (χ4n) is 4.22. The second-order valence-corrected chi connectivity index (χ2v) is 8.65. The van der Waals surface area contributed by atoms with Crippen LogP contribution < -0.4 is 5.32 Å². The van der Waals surface area contributed by atoms with E-state index < -0.39 is 17.6 Å². The highest BCUT2D eigenvalue weighted by molar-refractivity contribution is 6.30. The van der Waals surface area contributed by atoms with Crippen LogP contribution in [0.4, 0.5) is 13.2 Å². The van der Waals surface area contributed by atoms with E-state index in [1.54, 1.807) is 12.1 Å². The predicted octanol–water partition coefficient (Wildman–Crippen LogP) is 5.82. The number of likely N-dealkylation sites (tertiary alicyclic amines) is 1. The van der Waals surface area contributed by atoms with Crippen LogP contribution >= 0.6 is 11.6 Å². The number of nitrogens with one attached hydrogen (secondary N) is 1. The topological polar surface area (TPSA) is 56.1 Å². The van der Waals surface area contributed by atoms with Gasteiger partial charge in [0.2, 0.25) is 0 Å². The largest absolute Gasteiger partial charge is 0.416 e. The standard InChI is InChI=1S/C26H21ClF3N3O/c27-22-11-7-19(8-12-22)24(18-3-1-17(15-31)2-4-18)33-14-13-23(16-33)32-25(34)20-5-9-21(10-6-20)26(28,29)30/h1-12,23-24H,13-14,16H2,(H,32,34)/t23-,24+/m1/s1. The zero-order valence-electron chi connectivity index (χ0n) is 18.0. The zero-order chi connectivity index (χ0) is 24.3. The van der Waals surface area contributed by atoms with Gasteiger partial charge >= 0.3 is 6.18 Å². The highest BCUT2D eigenvalue weighted by Gasteiger charge is 2.32. The van der Waals surface area contributed by atoms with Gasteiger partial charge in [-0.05, 0) is 66.1 Å². The highest BCUT2D eigenvalue weighted by Crippen LogP contribution is 2.33. The molecule has 3 aromatic rings. The van der Waals surface area contributed by atoms with Gasteiger partial charge in [0.25, 0.3) is 5.91 Å². The second kappa shape index (κ2) is 9.88. The minimum Gasteiger partial charge on any atom is -0.348 e. The van der Waals surface area contributed by atoms with Crippen molar-refractivity contribution in [3.05, 3.63) is 106 Å². The minimum atomic E-state index is -4.44. The zero-order valence-corrected chi connectivity index (χ0v) is 18.8. The summed E-state index contributed by atoms with van der Waals surface area (Å²) in [5.41, 5.74) is 2.01. The Kier molecular flexibility index (Phi) is 6.92. The summed E-state index contributed by atoms with van der Waals surface area (Å²) in [6.07, 6.45) is -3.74. The molecule has 0 aliphatic carbocycles. The quantitative estimate of drug-likeness (QED) is 0.497. The molecular weight excluding hydrogens is 463 g/mol. The molecule has 2 atom stereocenters. The van der Waals surface area contributed by atoms with E-state index in [1.165, 1.54) is 12.1 Å². The smallest absolute Gasteiger partial charge is 0.348 e. The number of hydrogen-bond acceptors (Lipinski definition) is 3. The van der Waals surface area contributed by atoms with Crippen LogP contribution in [0.3, 0.4) is 0 Å². The van der Waals surface area contributed by atoms with Crippen LogP contribution in [0, 0.1) is 11.3 Å². The van der Waals surface area contributed by atoms with E-state index in [2.05, 4.69) is 16.3 Å². The van der Waals surface area contributed by atoms with E-state index in [0.717, 1.165) is 23.3 Å². The van der Waals surface area contributed by atoms with Gasteiger partial charge in [-0.3, -0.25) is 9.69 Å². The lowest BCUT2D eigenvalue weighted by Gasteiger charge is -2.29. The third kappa shape index (κ3) is 5.41. The first-order chi connectivity index (χ1) is 16.2. The van der Waals surface area contributed by atoms with Gasteiger partial charge < -0.3 is 5.32 Å². The number of amides is 1. The average molecular weight is 484 g/mol. The number of carbonyl (C=O) groups is 1. The number of nitriles is 1. The molecule has 3 aromatic carbocycles. The highest BCUT2D eigenvalue weighted by atomic mass is 35.5. The predicted molar refractivity (Wildman–Crippen MR) is 123 cm³/mol. The lowest BCUT2D eigenvalue weighted by molar-refractivity contribution is -0.137. The number of halogens is 4. The second-order valence-electron chi connectivity index (χ2n) is 8.22. The average Bonchev–Trinajstić information content (AvgIpc) is 3.28. The fourth-order valence-corrected chi connectivity index (χ4v) is 4.34. The SMILES string of the molecule is N#Cc1ccc([C@@H](c2ccc(Cl)cc2)N2CC[C@@H](NC(=O)c3ccc(C(F)(F)F)cc3)C2)cc1. The normalized spacial score (nSPS) is 17.2. The molecule has 174 valence electrons. The fraction of sp³-hybridized carbons (Fsp3) is 0.231. The monoisotopic (exact) mass is 483 g/mol. The van der Waals surface area contributed by atoms with Crippen molar-refractivity contribution in [1.29, 1.82) is 5.26 Å². The number of carbonyl (C=O) groups excluding carboxylic acids is 1. The van der Waals surface area contributed by atoms with E-state index in [4.69, 9.17) is 16.9 Å². The Morgan fingerprint density at radius 3 is 2.15 bits per heavy atom. The molecule has 0 spiro atoms. The molecule has 0 radical (unpaired) electrons. The molecule has 0 aromatic heterocycles.